The second-order valence-electron chi connectivity index (χ2n) is 4.67. The largest absolute Gasteiger partial charge is 0.508 e. The molecule has 5 heteroatoms. The summed E-state index contributed by atoms with van der Waals surface area (Å²) < 4.78 is 0. The van der Waals surface area contributed by atoms with Crippen molar-refractivity contribution in [1.29, 1.82) is 0 Å². The molecule has 0 aliphatic heterocycles. The lowest BCUT2D eigenvalue weighted by Gasteiger charge is -2.14. The average molecular weight is 271 g/mol. The van der Waals surface area contributed by atoms with Gasteiger partial charge in [0, 0.05) is 31.4 Å². The number of phenols is 1. The van der Waals surface area contributed by atoms with Crippen LogP contribution in [0.15, 0.2) is 42.5 Å². The molecule has 2 aromatic carbocycles. The molecule has 2 rings (SSSR count). The van der Waals surface area contributed by atoms with Crippen LogP contribution in [0.2, 0.25) is 0 Å². The fraction of sp³-hybridized carbons (Fsp3) is 0.133. The second kappa shape index (κ2) is 5.52. The van der Waals surface area contributed by atoms with Gasteiger partial charge in [0.25, 0.3) is 5.91 Å². The lowest BCUT2D eigenvalue weighted by Crippen LogP contribution is -2.15. The van der Waals surface area contributed by atoms with Crippen LogP contribution < -0.4 is 16.0 Å². The normalized spacial score (nSPS) is 10.1. The summed E-state index contributed by atoms with van der Waals surface area (Å²) >= 11 is 0. The first-order chi connectivity index (χ1) is 9.47. The number of hydrogen-bond donors (Lipinski definition) is 3. The van der Waals surface area contributed by atoms with Crippen LogP contribution in [0.5, 0.6) is 5.75 Å². The Kier molecular flexibility index (Phi) is 3.79. The Hall–Kier alpha value is -2.69. The van der Waals surface area contributed by atoms with E-state index in [-0.39, 0.29) is 11.7 Å². The Balaban J connectivity index is 2.21. The number of aromatic hydroxyl groups is 1. The maximum absolute atomic E-state index is 12.2. The molecule has 0 fully saturated rings. The van der Waals surface area contributed by atoms with Gasteiger partial charge in [-0.15, -0.1) is 0 Å². The van der Waals surface area contributed by atoms with E-state index in [1.165, 1.54) is 12.1 Å². The van der Waals surface area contributed by atoms with Crippen LogP contribution in [-0.2, 0) is 0 Å². The molecule has 0 unspecified atom stereocenters. The number of rotatable bonds is 3. The highest BCUT2D eigenvalue weighted by Gasteiger charge is 2.09. The summed E-state index contributed by atoms with van der Waals surface area (Å²) in [5, 5.41) is 12.0. The van der Waals surface area contributed by atoms with Crippen molar-refractivity contribution in [3.8, 4) is 5.75 Å². The molecule has 0 bridgehead atoms. The third kappa shape index (κ3) is 3.00. The van der Waals surface area contributed by atoms with E-state index in [4.69, 9.17) is 5.73 Å². The summed E-state index contributed by atoms with van der Waals surface area (Å²) in [5.74, 6) is -0.179. The van der Waals surface area contributed by atoms with Crippen molar-refractivity contribution in [2.75, 3.05) is 30.0 Å². The van der Waals surface area contributed by atoms with Gasteiger partial charge in [0.05, 0.1) is 11.4 Å². The van der Waals surface area contributed by atoms with E-state index in [2.05, 4.69) is 5.32 Å². The van der Waals surface area contributed by atoms with Crippen LogP contribution >= 0.6 is 0 Å². The van der Waals surface area contributed by atoms with Gasteiger partial charge in [0.1, 0.15) is 5.75 Å². The minimum absolute atomic E-state index is 0.0649. The highest BCUT2D eigenvalue weighted by molar-refractivity contribution is 6.06. The molecule has 2 aromatic rings. The van der Waals surface area contributed by atoms with Crippen LogP contribution in [0.25, 0.3) is 0 Å². The van der Waals surface area contributed by atoms with Crippen LogP contribution in [0, 0.1) is 0 Å². The van der Waals surface area contributed by atoms with Gasteiger partial charge in [-0.1, -0.05) is 6.07 Å². The highest BCUT2D eigenvalue weighted by atomic mass is 16.3. The number of carbonyl (C=O) groups is 1. The summed E-state index contributed by atoms with van der Waals surface area (Å²) in [6.07, 6.45) is 0. The van der Waals surface area contributed by atoms with Gasteiger partial charge in [0.15, 0.2) is 0 Å². The molecule has 0 radical (unpaired) electrons. The molecule has 4 N–H and O–H groups in total. The summed E-state index contributed by atoms with van der Waals surface area (Å²) in [5.41, 5.74) is 8.03. The first-order valence-corrected chi connectivity index (χ1v) is 6.14. The molecule has 104 valence electrons. The number of nitrogens with one attached hydrogen (secondary N) is 1. The first-order valence-electron chi connectivity index (χ1n) is 6.14. The molecule has 0 saturated heterocycles. The van der Waals surface area contributed by atoms with Crippen molar-refractivity contribution >= 4 is 23.0 Å². The van der Waals surface area contributed by atoms with Crippen LogP contribution in [0.3, 0.4) is 0 Å². The lowest BCUT2D eigenvalue weighted by atomic mass is 10.1. The minimum Gasteiger partial charge on any atom is -0.508 e. The number of carbonyl (C=O) groups excluding carboxylic acids is 1. The van der Waals surface area contributed by atoms with Crippen molar-refractivity contribution < 1.29 is 9.90 Å². The number of anilines is 3. The summed E-state index contributed by atoms with van der Waals surface area (Å²) in [4.78, 5) is 14.1. The van der Waals surface area contributed by atoms with Crippen molar-refractivity contribution in [1.82, 2.24) is 0 Å². The molecule has 0 heterocycles. The third-order valence-corrected chi connectivity index (χ3v) is 2.91. The first kappa shape index (κ1) is 13.7. The van der Waals surface area contributed by atoms with E-state index in [9.17, 15) is 9.90 Å². The Bertz CT molecular complexity index is 639. The predicted molar refractivity (Wildman–Crippen MR) is 81.2 cm³/mol. The number of nitrogen functional groups attached to an aromatic ring is 1. The van der Waals surface area contributed by atoms with Gasteiger partial charge >= 0.3 is 0 Å². The molecule has 0 aromatic heterocycles. The highest BCUT2D eigenvalue weighted by Crippen LogP contribution is 2.24. The van der Waals surface area contributed by atoms with E-state index in [0.717, 1.165) is 5.69 Å². The van der Waals surface area contributed by atoms with Crippen molar-refractivity contribution in [3.05, 3.63) is 48.0 Å². The quantitative estimate of drug-likeness (QED) is 0.591. The Morgan fingerprint density at radius 1 is 1.20 bits per heavy atom. The Morgan fingerprint density at radius 3 is 2.60 bits per heavy atom. The molecule has 0 saturated carbocycles. The van der Waals surface area contributed by atoms with Gasteiger partial charge in [-0.2, -0.15) is 0 Å². The standard InChI is InChI=1S/C15H17N3O2/c1-18(2)11-5-3-4-10(8-11)15(20)17-14-7-6-12(19)9-13(14)16/h3-9,19H,16H2,1-2H3,(H,17,20). The number of nitrogens with zero attached hydrogens (tertiary/aromatic N) is 1. The number of phenolic OH excluding ortho intramolecular Hbond substituents is 1. The summed E-state index contributed by atoms with van der Waals surface area (Å²) in [7, 11) is 3.82. The maximum Gasteiger partial charge on any atom is 0.255 e. The lowest BCUT2D eigenvalue weighted by molar-refractivity contribution is 0.102. The Morgan fingerprint density at radius 2 is 1.95 bits per heavy atom. The van der Waals surface area contributed by atoms with Crippen LogP contribution in [0.4, 0.5) is 17.1 Å². The fourth-order valence-corrected chi connectivity index (χ4v) is 1.78. The van der Waals surface area contributed by atoms with Gasteiger partial charge < -0.3 is 21.1 Å². The van der Waals surface area contributed by atoms with Crippen LogP contribution in [0.1, 0.15) is 10.4 Å². The fourth-order valence-electron chi connectivity index (χ4n) is 1.78. The summed E-state index contributed by atoms with van der Waals surface area (Å²) in [6, 6.07) is 11.7. The van der Waals surface area contributed by atoms with Crippen molar-refractivity contribution in [2.45, 2.75) is 0 Å². The molecule has 5 nitrogen and oxygen atoms in total. The van der Waals surface area contributed by atoms with Gasteiger partial charge in [0.2, 0.25) is 0 Å². The zero-order valence-corrected chi connectivity index (χ0v) is 11.4. The van der Waals surface area contributed by atoms with Gasteiger partial charge in [-0.25, -0.2) is 0 Å². The molecule has 0 atom stereocenters. The molecule has 1 amide bonds. The molecular formula is C15H17N3O2. The Labute approximate surface area is 117 Å². The van der Waals surface area contributed by atoms with E-state index >= 15 is 0 Å². The molecule has 0 spiro atoms. The topological polar surface area (TPSA) is 78.6 Å². The zero-order chi connectivity index (χ0) is 14.7. The van der Waals surface area contributed by atoms with E-state index < -0.39 is 0 Å². The SMILES string of the molecule is CN(C)c1cccc(C(=O)Nc2ccc(O)cc2N)c1. The van der Waals surface area contributed by atoms with Crippen molar-refractivity contribution in [2.24, 2.45) is 0 Å². The average Bonchev–Trinajstić information content (AvgIpc) is 2.42. The zero-order valence-electron chi connectivity index (χ0n) is 11.4. The monoisotopic (exact) mass is 271 g/mol. The molecule has 0 aliphatic rings. The smallest absolute Gasteiger partial charge is 0.255 e. The predicted octanol–water partition coefficient (Wildman–Crippen LogP) is 2.29. The maximum atomic E-state index is 12.2. The van der Waals surface area contributed by atoms with E-state index in [1.54, 1.807) is 18.2 Å². The van der Waals surface area contributed by atoms with Gasteiger partial charge in [-0.05, 0) is 30.3 Å². The number of hydrogen-bond acceptors (Lipinski definition) is 4. The van der Waals surface area contributed by atoms with E-state index in [1.807, 2.05) is 31.1 Å². The molecule has 0 aliphatic carbocycles. The minimum atomic E-state index is -0.244. The number of nitrogens with two attached hydrogens (primary N) is 1. The van der Waals surface area contributed by atoms with Gasteiger partial charge in [-0.3, -0.25) is 4.79 Å². The molecule has 20 heavy (non-hydrogen) atoms. The second-order valence-corrected chi connectivity index (χ2v) is 4.67. The van der Waals surface area contributed by atoms with E-state index in [0.29, 0.717) is 16.9 Å². The number of amides is 1. The molecular weight excluding hydrogens is 254 g/mol. The number of benzene rings is 2. The van der Waals surface area contributed by atoms with Crippen molar-refractivity contribution in [3.63, 3.8) is 0 Å². The summed E-state index contributed by atoms with van der Waals surface area (Å²) in [6.45, 7) is 0. The third-order valence-electron chi connectivity index (χ3n) is 2.91. The van der Waals surface area contributed by atoms with Crippen LogP contribution in [-0.4, -0.2) is 25.1 Å².